The molecular weight excluding hydrogens is 290 g/mol. The lowest BCUT2D eigenvalue weighted by molar-refractivity contribution is 0.173. The van der Waals surface area contributed by atoms with Gasteiger partial charge >= 0.3 is 0 Å². The van der Waals surface area contributed by atoms with Crippen molar-refractivity contribution in [1.29, 1.82) is 0 Å². The zero-order valence-electron chi connectivity index (χ0n) is 13.1. The topological polar surface area (TPSA) is 46.6 Å². The van der Waals surface area contributed by atoms with Crippen molar-refractivity contribution in [2.24, 2.45) is 0 Å². The van der Waals surface area contributed by atoms with Crippen LogP contribution in [0.1, 0.15) is 23.6 Å². The van der Waals surface area contributed by atoms with E-state index in [1.54, 1.807) is 0 Å². The fourth-order valence-electron chi connectivity index (χ4n) is 3.37. The van der Waals surface area contributed by atoms with Crippen LogP contribution in [0.2, 0.25) is 0 Å². The van der Waals surface area contributed by atoms with E-state index in [0.29, 0.717) is 6.79 Å². The third-order valence-electron chi connectivity index (χ3n) is 4.47. The van der Waals surface area contributed by atoms with Crippen LogP contribution in [0.25, 0.3) is 0 Å². The Morgan fingerprint density at radius 1 is 0.957 bits per heavy atom. The Bertz CT molecular complexity index is 655. The highest BCUT2D eigenvalue weighted by Gasteiger charge is 2.25. The maximum absolute atomic E-state index is 5.57. The van der Waals surface area contributed by atoms with Gasteiger partial charge in [-0.1, -0.05) is 6.07 Å². The molecule has 0 saturated carbocycles. The van der Waals surface area contributed by atoms with E-state index in [0.717, 1.165) is 44.1 Å². The molecule has 1 N–H and O–H groups in total. The van der Waals surface area contributed by atoms with E-state index < -0.39 is 0 Å². The molecule has 2 aliphatic heterocycles. The second-order valence-corrected chi connectivity index (χ2v) is 5.94. The van der Waals surface area contributed by atoms with E-state index in [1.807, 2.05) is 18.5 Å². The first kappa shape index (κ1) is 14.5. The van der Waals surface area contributed by atoms with Crippen LogP contribution in [0.3, 0.4) is 0 Å². The molecule has 1 saturated heterocycles. The lowest BCUT2D eigenvalue weighted by atomic mass is 9.97. The molecule has 120 valence electrons. The minimum atomic E-state index is 0.215. The molecule has 0 bridgehead atoms. The predicted molar refractivity (Wildman–Crippen MR) is 87.7 cm³/mol. The van der Waals surface area contributed by atoms with Crippen molar-refractivity contribution in [2.45, 2.75) is 12.5 Å². The fraction of sp³-hybridized carbons (Fsp3) is 0.389. The molecule has 2 aliphatic rings. The summed E-state index contributed by atoms with van der Waals surface area (Å²) in [5.41, 5.74) is 2.50. The van der Waals surface area contributed by atoms with E-state index in [4.69, 9.17) is 9.47 Å². The zero-order valence-corrected chi connectivity index (χ0v) is 13.1. The summed E-state index contributed by atoms with van der Waals surface area (Å²) in [5.74, 6) is 1.68. The summed E-state index contributed by atoms with van der Waals surface area (Å²) in [6.07, 6.45) is 4.89. The second-order valence-electron chi connectivity index (χ2n) is 5.94. The SMILES string of the molecule is c1cc(C(c2ccc3c(c2)OCO3)N2CCCNCC2)ccn1. The maximum Gasteiger partial charge on any atom is 0.231 e. The van der Waals surface area contributed by atoms with Gasteiger partial charge in [0.05, 0.1) is 6.04 Å². The molecule has 0 spiro atoms. The standard InChI is InChI=1S/C18H21N3O2/c1-6-19-9-11-21(10-1)18(14-4-7-20-8-5-14)15-2-3-16-17(12-15)23-13-22-16/h2-5,7-8,12,18-19H,1,6,9-11,13H2. The van der Waals surface area contributed by atoms with Crippen LogP contribution in [-0.4, -0.2) is 42.9 Å². The van der Waals surface area contributed by atoms with Crippen molar-refractivity contribution in [2.75, 3.05) is 33.0 Å². The number of nitrogens with one attached hydrogen (secondary N) is 1. The van der Waals surface area contributed by atoms with E-state index in [9.17, 15) is 0 Å². The largest absolute Gasteiger partial charge is 0.454 e. The highest BCUT2D eigenvalue weighted by molar-refractivity contribution is 5.47. The monoisotopic (exact) mass is 311 g/mol. The lowest BCUT2D eigenvalue weighted by Gasteiger charge is -2.31. The Labute approximate surface area is 136 Å². The quantitative estimate of drug-likeness (QED) is 0.941. The second kappa shape index (κ2) is 6.56. The van der Waals surface area contributed by atoms with E-state index in [2.05, 4.69) is 39.5 Å². The molecule has 4 rings (SSSR count). The number of hydrogen-bond acceptors (Lipinski definition) is 5. The van der Waals surface area contributed by atoms with Gasteiger partial charge in [0, 0.05) is 32.0 Å². The molecule has 1 atom stereocenters. The van der Waals surface area contributed by atoms with Gasteiger partial charge in [0.2, 0.25) is 6.79 Å². The molecular formula is C18H21N3O2. The van der Waals surface area contributed by atoms with Crippen LogP contribution < -0.4 is 14.8 Å². The summed E-state index contributed by atoms with van der Waals surface area (Å²) in [6.45, 7) is 4.52. The van der Waals surface area contributed by atoms with Gasteiger partial charge in [-0.3, -0.25) is 9.88 Å². The van der Waals surface area contributed by atoms with Gasteiger partial charge in [-0.05, 0) is 48.4 Å². The average molecular weight is 311 g/mol. The van der Waals surface area contributed by atoms with Crippen molar-refractivity contribution >= 4 is 0 Å². The Kier molecular flexibility index (Phi) is 4.13. The minimum Gasteiger partial charge on any atom is -0.454 e. The summed E-state index contributed by atoms with van der Waals surface area (Å²) in [4.78, 5) is 6.70. The van der Waals surface area contributed by atoms with Crippen molar-refractivity contribution < 1.29 is 9.47 Å². The number of rotatable bonds is 3. The Morgan fingerprint density at radius 3 is 2.74 bits per heavy atom. The first-order valence-electron chi connectivity index (χ1n) is 8.16. The minimum absolute atomic E-state index is 0.215. The number of aromatic nitrogens is 1. The van der Waals surface area contributed by atoms with Crippen molar-refractivity contribution in [3.63, 3.8) is 0 Å². The van der Waals surface area contributed by atoms with Crippen LogP contribution in [0.15, 0.2) is 42.7 Å². The van der Waals surface area contributed by atoms with Crippen LogP contribution in [0.4, 0.5) is 0 Å². The van der Waals surface area contributed by atoms with E-state index in [1.165, 1.54) is 11.1 Å². The first-order valence-corrected chi connectivity index (χ1v) is 8.16. The molecule has 1 aromatic heterocycles. The van der Waals surface area contributed by atoms with Crippen LogP contribution in [0, 0.1) is 0 Å². The summed E-state index contributed by atoms with van der Waals surface area (Å²) < 4.78 is 11.0. The van der Waals surface area contributed by atoms with Gasteiger partial charge < -0.3 is 14.8 Å². The number of nitrogens with zero attached hydrogens (tertiary/aromatic N) is 2. The van der Waals surface area contributed by atoms with Gasteiger partial charge in [0.25, 0.3) is 0 Å². The van der Waals surface area contributed by atoms with Crippen molar-refractivity contribution in [3.05, 3.63) is 53.9 Å². The highest BCUT2D eigenvalue weighted by atomic mass is 16.7. The molecule has 0 radical (unpaired) electrons. The molecule has 1 unspecified atom stereocenters. The molecule has 23 heavy (non-hydrogen) atoms. The van der Waals surface area contributed by atoms with Crippen molar-refractivity contribution in [3.8, 4) is 11.5 Å². The highest BCUT2D eigenvalue weighted by Crippen LogP contribution is 2.37. The maximum atomic E-state index is 5.57. The average Bonchev–Trinajstić information content (AvgIpc) is 2.90. The molecule has 3 heterocycles. The van der Waals surface area contributed by atoms with Gasteiger partial charge in [-0.2, -0.15) is 0 Å². The molecule has 1 aromatic carbocycles. The smallest absolute Gasteiger partial charge is 0.231 e. The van der Waals surface area contributed by atoms with Gasteiger partial charge in [0.15, 0.2) is 11.5 Å². The van der Waals surface area contributed by atoms with Crippen LogP contribution >= 0.6 is 0 Å². The normalized spacial score (nSPS) is 19.3. The molecule has 5 nitrogen and oxygen atoms in total. The van der Waals surface area contributed by atoms with E-state index in [-0.39, 0.29) is 6.04 Å². The number of pyridine rings is 1. The summed E-state index contributed by atoms with van der Waals surface area (Å²) in [5, 5.41) is 3.48. The third-order valence-corrected chi connectivity index (χ3v) is 4.47. The number of hydrogen-bond donors (Lipinski definition) is 1. The zero-order chi connectivity index (χ0) is 15.5. The van der Waals surface area contributed by atoms with Crippen molar-refractivity contribution in [1.82, 2.24) is 15.2 Å². The van der Waals surface area contributed by atoms with Gasteiger partial charge in [0.1, 0.15) is 0 Å². The number of ether oxygens (including phenoxy) is 2. The Balaban J connectivity index is 1.72. The molecule has 0 amide bonds. The predicted octanol–water partition coefficient (Wildman–Crippen LogP) is 2.20. The summed E-state index contributed by atoms with van der Waals surface area (Å²) >= 11 is 0. The van der Waals surface area contributed by atoms with Crippen LogP contribution in [-0.2, 0) is 0 Å². The Hall–Kier alpha value is -2.11. The first-order chi connectivity index (χ1) is 11.4. The number of benzene rings is 1. The third kappa shape index (κ3) is 3.02. The van der Waals surface area contributed by atoms with Crippen LogP contribution in [0.5, 0.6) is 11.5 Å². The molecule has 1 fully saturated rings. The lowest BCUT2D eigenvalue weighted by Crippen LogP contribution is -2.33. The Morgan fingerprint density at radius 2 is 1.83 bits per heavy atom. The summed E-state index contributed by atoms with van der Waals surface area (Å²) in [7, 11) is 0. The fourth-order valence-corrected chi connectivity index (χ4v) is 3.37. The summed E-state index contributed by atoms with van der Waals surface area (Å²) in [6, 6.07) is 10.7. The molecule has 5 heteroatoms. The molecule has 0 aliphatic carbocycles. The van der Waals surface area contributed by atoms with Gasteiger partial charge in [-0.25, -0.2) is 0 Å². The molecule has 2 aromatic rings. The van der Waals surface area contributed by atoms with Gasteiger partial charge in [-0.15, -0.1) is 0 Å². The number of fused-ring (bicyclic) bond motifs is 1. The van der Waals surface area contributed by atoms with E-state index >= 15 is 0 Å².